The zero-order valence-electron chi connectivity index (χ0n) is 11.1. The Kier molecular flexibility index (Phi) is 2.18. The molecule has 1 aromatic carbocycles. The predicted octanol–water partition coefficient (Wildman–Crippen LogP) is 2.01. The van der Waals surface area contributed by atoms with Crippen molar-refractivity contribution in [2.24, 2.45) is 23.7 Å². The number of fused-ring (bicyclic) bond motifs is 5. The molecule has 2 fully saturated rings. The number of nitrogens with zero attached hydrogens (tertiary/aromatic N) is 1. The molecule has 1 N–H and O–H groups in total. The van der Waals surface area contributed by atoms with Crippen LogP contribution in [-0.2, 0) is 9.59 Å². The average Bonchev–Trinajstić information content (AvgIpc) is 3.09. The van der Waals surface area contributed by atoms with Crippen LogP contribution in [0.2, 0.25) is 0 Å². The number of hydrogen-bond acceptors (Lipinski definition) is 3. The van der Waals surface area contributed by atoms with E-state index in [0.29, 0.717) is 11.3 Å². The fourth-order valence-corrected chi connectivity index (χ4v) is 3.99. The molecule has 1 saturated heterocycles. The minimum atomic E-state index is -0.195. The number of imide groups is 1. The zero-order chi connectivity index (χ0) is 14.0. The van der Waals surface area contributed by atoms with Gasteiger partial charge < -0.3 is 5.11 Å². The number of phenols is 1. The Morgan fingerprint density at radius 1 is 1.10 bits per heavy atom. The van der Waals surface area contributed by atoms with Crippen LogP contribution in [0.15, 0.2) is 30.4 Å². The van der Waals surface area contributed by atoms with Gasteiger partial charge in [-0.3, -0.25) is 9.59 Å². The van der Waals surface area contributed by atoms with Crippen molar-refractivity contribution < 1.29 is 14.7 Å². The standard InChI is InChI=1S/C16H15NO3/c1-8-11(3-2-4-12(8)18)17-15(19)13-9-5-6-10(7-9)14(13)16(17)20/h2-6,9-10,13-14,18H,7H2,1H3. The molecule has 1 saturated carbocycles. The topological polar surface area (TPSA) is 57.6 Å². The van der Waals surface area contributed by atoms with E-state index in [2.05, 4.69) is 12.2 Å². The van der Waals surface area contributed by atoms with Crippen molar-refractivity contribution in [3.05, 3.63) is 35.9 Å². The maximum atomic E-state index is 12.6. The van der Waals surface area contributed by atoms with Crippen LogP contribution in [-0.4, -0.2) is 16.9 Å². The number of hydrogen-bond donors (Lipinski definition) is 1. The first-order valence-electron chi connectivity index (χ1n) is 6.94. The Morgan fingerprint density at radius 3 is 2.30 bits per heavy atom. The van der Waals surface area contributed by atoms with E-state index < -0.39 is 0 Å². The molecule has 2 aliphatic carbocycles. The summed E-state index contributed by atoms with van der Waals surface area (Å²) in [6, 6.07) is 4.95. The first-order chi connectivity index (χ1) is 9.59. The van der Waals surface area contributed by atoms with Gasteiger partial charge in [-0.1, -0.05) is 18.2 Å². The normalized spacial score (nSPS) is 34.1. The number of carbonyl (C=O) groups excluding carboxylic acids is 2. The molecular weight excluding hydrogens is 254 g/mol. The van der Waals surface area contributed by atoms with Gasteiger partial charge in [0.25, 0.3) is 0 Å². The molecule has 4 unspecified atom stereocenters. The van der Waals surface area contributed by atoms with E-state index >= 15 is 0 Å². The highest BCUT2D eigenvalue weighted by molar-refractivity contribution is 6.23. The van der Waals surface area contributed by atoms with Gasteiger partial charge in [-0.15, -0.1) is 0 Å². The number of allylic oxidation sites excluding steroid dienone is 2. The van der Waals surface area contributed by atoms with Gasteiger partial charge in [-0.2, -0.15) is 0 Å². The molecule has 0 aromatic heterocycles. The Morgan fingerprint density at radius 2 is 1.70 bits per heavy atom. The summed E-state index contributed by atoms with van der Waals surface area (Å²) in [6.07, 6.45) is 5.09. The molecule has 1 heterocycles. The van der Waals surface area contributed by atoms with E-state index in [0.717, 1.165) is 6.42 Å². The first-order valence-corrected chi connectivity index (χ1v) is 6.94. The summed E-state index contributed by atoms with van der Waals surface area (Å²) in [6.45, 7) is 1.73. The lowest BCUT2D eigenvalue weighted by Gasteiger charge is -2.19. The molecule has 3 aliphatic rings. The summed E-state index contributed by atoms with van der Waals surface area (Å²) >= 11 is 0. The fourth-order valence-electron chi connectivity index (χ4n) is 3.99. The summed E-state index contributed by atoms with van der Waals surface area (Å²) in [7, 11) is 0. The number of aromatic hydroxyl groups is 1. The second-order valence-electron chi connectivity index (χ2n) is 5.93. The average molecular weight is 269 g/mol. The predicted molar refractivity (Wildman–Crippen MR) is 73.1 cm³/mol. The van der Waals surface area contributed by atoms with Gasteiger partial charge in [0.1, 0.15) is 5.75 Å². The van der Waals surface area contributed by atoms with Crippen LogP contribution in [0.1, 0.15) is 12.0 Å². The number of carbonyl (C=O) groups is 2. The second kappa shape index (κ2) is 3.72. The number of anilines is 1. The van der Waals surface area contributed by atoms with E-state index in [-0.39, 0.29) is 41.2 Å². The van der Waals surface area contributed by atoms with E-state index in [9.17, 15) is 14.7 Å². The van der Waals surface area contributed by atoms with E-state index in [1.54, 1.807) is 25.1 Å². The first kappa shape index (κ1) is 11.7. The third kappa shape index (κ3) is 1.26. The second-order valence-corrected chi connectivity index (χ2v) is 5.93. The molecule has 2 amide bonds. The molecule has 4 rings (SSSR count). The third-order valence-corrected chi connectivity index (χ3v) is 4.99. The molecule has 4 heteroatoms. The van der Waals surface area contributed by atoms with Crippen molar-refractivity contribution in [2.45, 2.75) is 13.3 Å². The smallest absolute Gasteiger partial charge is 0.238 e. The number of phenolic OH excluding ortho intramolecular Hbond substituents is 1. The highest BCUT2D eigenvalue weighted by Gasteiger charge is 2.59. The van der Waals surface area contributed by atoms with Gasteiger partial charge in [-0.25, -0.2) is 4.90 Å². The van der Waals surface area contributed by atoms with Crippen molar-refractivity contribution in [1.82, 2.24) is 0 Å². The molecule has 0 radical (unpaired) electrons. The summed E-state index contributed by atoms with van der Waals surface area (Å²) in [5, 5.41) is 9.79. The van der Waals surface area contributed by atoms with Crippen LogP contribution in [0.5, 0.6) is 5.75 Å². The zero-order valence-corrected chi connectivity index (χ0v) is 11.1. The third-order valence-electron chi connectivity index (χ3n) is 4.99. The maximum absolute atomic E-state index is 12.6. The minimum absolute atomic E-state index is 0.106. The van der Waals surface area contributed by atoms with Crippen molar-refractivity contribution in [3.63, 3.8) is 0 Å². The quantitative estimate of drug-likeness (QED) is 0.626. The fraction of sp³-hybridized carbons (Fsp3) is 0.375. The van der Waals surface area contributed by atoms with Crippen molar-refractivity contribution >= 4 is 17.5 Å². The van der Waals surface area contributed by atoms with E-state index in [4.69, 9.17) is 0 Å². The molecule has 1 aromatic rings. The van der Waals surface area contributed by atoms with Crippen LogP contribution >= 0.6 is 0 Å². The Hall–Kier alpha value is -2.10. The van der Waals surface area contributed by atoms with Gasteiger partial charge in [0, 0.05) is 5.56 Å². The molecule has 1 aliphatic heterocycles. The summed E-state index contributed by atoms with van der Waals surface area (Å²) in [5.74, 6) is -0.0658. The van der Waals surface area contributed by atoms with Gasteiger partial charge in [-0.05, 0) is 37.3 Å². The van der Waals surface area contributed by atoms with Gasteiger partial charge in [0.05, 0.1) is 17.5 Å². The molecule has 4 atom stereocenters. The number of amides is 2. The minimum Gasteiger partial charge on any atom is -0.508 e. The molecular formula is C16H15NO3. The van der Waals surface area contributed by atoms with E-state index in [1.807, 2.05) is 0 Å². The van der Waals surface area contributed by atoms with Crippen LogP contribution in [0.25, 0.3) is 0 Å². The summed E-state index contributed by atoms with van der Waals surface area (Å²) in [4.78, 5) is 26.6. The Labute approximate surface area is 116 Å². The monoisotopic (exact) mass is 269 g/mol. The van der Waals surface area contributed by atoms with Crippen LogP contribution in [0.4, 0.5) is 5.69 Å². The molecule has 4 nitrogen and oxygen atoms in total. The van der Waals surface area contributed by atoms with Crippen molar-refractivity contribution in [2.75, 3.05) is 4.90 Å². The van der Waals surface area contributed by atoms with E-state index in [1.165, 1.54) is 4.90 Å². The van der Waals surface area contributed by atoms with Gasteiger partial charge in [0.15, 0.2) is 0 Å². The Balaban J connectivity index is 1.80. The lowest BCUT2D eigenvalue weighted by molar-refractivity contribution is -0.123. The van der Waals surface area contributed by atoms with Crippen molar-refractivity contribution in [1.29, 1.82) is 0 Å². The van der Waals surface area contributed by atoms with Crippen LogP contribution in [0.3, 0.4) is 0 Å². The lowest BCUT2D eigenvalue weighted by Crippen LogP contribution is -2.33. The summed E-state index contributed by atoms with van der Waals surface area (Å²) in [5.41, 5.74) is 1.10. The van der Waals surface area contributed by atoms with Gasteiger partial charge in [0.2, 0.25) is 11.8 Å². The molecule has 2 bridgehead atoms. The van der Waals surface area contributed by atoms with Gasteiger partial charge >= 0.3 is 0 Å². The van der Waals surface area contributed by atoms with Crippen LogP contribution < -0.4 is 4.90 Å². The molecule has 20 heavy (non-hydrogen) atoms. The molecule has 102 valence electrons. The largest absolute Gasteiger partial charge is 0.508 e. The van der Waals surface area contributed by atoms with Crippen LogP contribution in [0, 0.1) is 30.6 Å². The summed E-state index contributed by atoms with van der Waals surface area (Å²) < 4.78 is 0. The number of rotatable bonds is 1. The highest BCUT2D eigenvalue weighted by atomic mass is 16.3. The SMILES string of the molecule is Cc1c(O)cccc1N1C(=O)C2C3C=CC(C3)C2C1=O. The maximum Gasteiger partial charge on any atom is 0.238 e. The number of benzene rings is 1. The molecule has 0 spiro atoms. The lowest BCUT2D eigenvalue weighted by atomic mass is 9.85. The van der Waals surface area contributed by atoms with Crippen molar-refractivity contribution in [3.8, 4) is 5.75 Å². The Bertz CT molecular complexity index is 634. The highest BCUT2D eigenvalue weighted by Crippen LogP contribution is 2.53.